The fourth-order valence-corrected chi connectivity index (χ4v) is 5.05. The van der Waals surface area contributed by atoms with E-state index in [9.17, 15) is 4.79 Å². The van der Waals surface area contributed by atoms with Gasteiger partial charge in [0.25, 0.3) is 0 Å². The maximum Gasteiger partial charge on any atom is 0.323 e. The summed E-state index contributed by atoms with van der Waals surface area (Å²) in [6, 6.07) is 12.8. The molecular weight excluding hydrogens is 469 g/mol. The highest BCUT2D eigenvalue weighted by atomic mass is 35.5. The van der Waals surface area contributed by atoms with Crippen LogP contribution < -0.4 is 10.6 Å². The number of nitrogens with one attached hydrogen (secondary N) is 3. The largest absolute Gasteiger partial charge is 0.361 e. The van der Waals surface area contributed by atoms with E-state index in [0.29, 0.717) is 16.6 Å². The predicted octanol–water partition coefficient (Wildman–Crippen LogP) is 6.99. The Morgan fingerprint density at radius 3 is 2.56 bits per heavy atom. The molecule has 3 heterocycles. The van der Waals surface area contributed by atoms with Gasteiger partial charge < -0.3 is 20.5 Å². The number of hydrogen-bond donors (Lipinski definition) is 3. The Labute approximate surface area is 208 Å². The third kappa shape index (κ3) is 4.62. The number of benzene rings is 2. The normalized spacial score (nSPS) is 14.9. The maximum absolute atomic E-state index is 12.8. The molecule has 5 rings (SSSR count). The highest BCUT2D eigenvalue weighted by Gasteiger charge is 2.21. The second kappa shape index (κ2) is 9.66. The number of likely N-dealkylation sites (tertiary alicyclic amines) is 1. The number of fused-ring (bicyclic) bond motifs is 1. The Kier molecular flexibility index (Phi) is 6.46. The van der Waals surface area contributed by atoms with Crippen LogP contribution in [0.5, 0.6) is 0 Å². The Hall–Kier alpha value is -3.06. The van der Waals surface area contributed by atoms with E-state index in [1.54, 1.807) is 18.5 Å². The van der Waals surface area contributed by atoms with Gasteiger partial charge in [-0.3, -0.25) is 4.98 Å². The molecule has 3 N–H and O–H groups in total. The van der Waals surface area contributed by atoms with Crippen molar-refractivity contribution >= 4 is 51.5 Å². The Balaban J connectivity index is 1.32. The molecule has 174 valence electrons. The molecule has 0 radical (unpaired) electrons. The zero-order chi connectivity index (χ0) is 23.7. The molecule has 0 bridgehead atoms. The number of carbonyl (C=O) groups excluding carboxylic acids is 1. The number of carbonyl (C=O) groups is 1. The van der Waals surface area contributed by atoms with Crippen molar-refractivity contribution in [3.8, 4) is 11.1 Å². The number of urea groups is 1. The first-order valence-electron chi connectivity index (χ1n) is 11.3. The molecule has 1 aliphatic rings. The van der Waals surface area contributed by atoms with Gasteiger partial charge in [-0.25, -0.2) is 4.79 Å². The van der Waals surface area contributed by atoms with Crippen LogP contribution in [0.15, 0.2) is 61.1 Å². The number of aromatic amines is 1. The molecule has 8 heteroatoms. The molecule has 1 fully saturated rings. The summed E-state index contributed by atoms with van der Waals surface area (Å²) < 4.78 is 0. The molecule has 0 saturated carbocycles. The van der Waals surface area contributed by atoms with E-state index in [2.05, 4.69) is 38.7 Å². The predicted molar refractivity (Wildman–Crippen MR) is 140 cm³/mol. The van der Waals surface area contributed by atoms with Gasteiger partial charge in [0.2, 0.25) is 0 Å². The average molecular weight is 494 g/mol. The van der Waals surface area contributed by atoms with Crippen LogP contribution in [0.1, 0.15) is 24.3 Å². The summed E-state index contributed by atoms with van der Waals surface area (Å²) in [4.78, 5) is 22.5. The molecule has 0 atom stereocenters. The van der Waals surface area contributed by atoms with E-state index >= 15 is 0 Å². The molecule has 1 saturated heterocycles. The summed E-state index contributed by atoms with van der Waals surface area (Å²) in [6.07, 6.45) is 7.76. The molecule has 2 amide bonds. The lowest BCUT2D eigenvalue weighted by molar-refractivity contribution is 0.256. The standard InChI is InChI=1S/C26H25Cl2N5O/c1-33-12-8-17(9-13-33)21-15-30-22-4-2-18(14-20(21)22)31-26(34)32-23-5-3-19(24(27)25(23)28)16-6-10-29-11-7-16/h2-7,10-11,14-15,17,30H,8-9,12-13H2,1H3,(H2,31,32,34). The van der Waals surface area contributed by atoms with Crippen LogP contribution >= 0.6 is 23.2 Å². The molecule has 2 aromatic carbocycles. The molecule has 1 aliphatic heterocycles. The van der Waals surface area contributed by atoms with Crippen LogP contribution in [0.3, 0.4) is 0 Å². The first-order chi connectivity index (χ1) is 16.5. The highest BCUT2D eigenvalue weighted by molar-refractivity contribution is 6.45. The fourth-order valence-electron chi connectivity index (χ4n) is 4.56. The second-order valence-corrected chi connectivity index (χ2v) is 9.44. The quantitative estimate of drug-likeness (QED) is 0.286. The number of anilines is 2. The molecule has 0 unspecified atom stereocenters. The van der Waals surface area contributed by atoms with Gasteiger partial charge >= 0.3 is 6.03 Å². The van der Waals surface area contributed by atoms with E-state index < -0.39 is 0 Å². The number of pyridine rings is 1. The maximum atomic E-state index is 12.8. The smallest absolute Gasteiger partial charge is 0.323 e. The van der Waals surface area contributed by atoms with E-state index in [0.717, 1.165) is 53.6 Å². The minimum absolute atomic E-state index is 0.289. The van der Waals surface area contributed by atoms with E-state index in [-0.39, 0.29) is 11.1 Å². The SMILES string of the molecule is CN1CCC(c2c[nH]c3ccc(NC(=O)Nc4ccc(-c5ccncc5)c(Cl)c4Cl)cc23)CC1. The zero-order valence-electron chi connectivity index (χ0n) is 18.7. The summed E-state index contributed by atoms with van der Waals surface area (Å²) in [5.41, 5.74) is 5.22. The number of H-pyrrole nitrogens is 1. The lowest BCUT2D eigenvalue weighted by atomic mass is 9.89. The van der Waals surface area contributed by atoms with E-state index in [4.69, 9.17) is 23.2 Å². The van der Waals surface area contributed by atoms with Crippen molar-refractivity contribution in [2.45, 2.75) is 18.8 Å². The molecule has 34 heavy (non-hydrogen) atoms. The van der Waals surface area contributed by atoms with Gasteiger partial charge in [-0.1, -0.05) is 29.3 Å². The average Bonchev–Trinajstić information content (AvgIpc) is 3.26. The molecule has 0 aliphatic carbocycles. The summed E-state index contributed by atoms with van der Waals surface area (Å²) in [6.45, 7) is 2.20. The van der Waals surface area contributed by atoms with Crippen LogP contribution in [-0.4, -0.2) is 41.0 Å². The van der Waals surface area contributed by atoms with Crippen molar-refractivity contribution in [3.05, 3.63) is 76.7 Å². The van der Waals surface area contributed by atoms with Crippen molar-refractivity contribution in [2.75, 3.05) is 30.8 Å². The number of nitrogens with zero attached hydrogens (tertiary/aromatic N) is 2. The number of rotatable bonds is 4. The third-order valence-corrected chi connectivity index (χ3v) is 7.33. The monoisotopic (exact) mass is 493 g/mol. The van der Waals surface area contributed by atoms with Crippen LogP contribution in [0, 0.1) is 0 Å². The molecule has 6 nitrogen and oxygen atoms in total. The highest BCUT2D eigenvalue weighted by Crippen LogP contribution is 2.38. The third-order valence-electron chi connectivity index (χ3n) is 6.45. The van der Waals surface area contributed by atoms with Crippen molar-refractivity contribution in [1.29, 1.82) is 0 Å². The lowest BCUT2D eigenvalue weighted by Gasteiger charge is -2.28. The number of aromatic nitrogens is 2. The van der Waals surface area contributed by atoms with Crippen LogP contribution in [0.4, 0.5) is 16.2 Å². The fraction of sp³-hybridized carbons (Fsp3) is 0.231. The van der Waals surface area contributed by atoms with Crippen LogP contribution in [0.2, 0.25) is 10.0 Å². The number of halogens is 2. The molecule has 2 aromatic heterocycles. The first-order valence-corrected chi connectivity index (χ1v) is 12.0. The van der Waals surface area contributed by atoms with E-state index in [1.807, 2.05) is 36.4 Å². The van der Waals surface area contributed by atoms with Gasteiger partial charge in [0.05, 0.1) is 15.7 Å². The van der Waals surface area contributed by atoms with Gasteiger partial charge in [0, 0.05) is 40.7 Å². The number of amides is 2. The molecule has 4 aromatic rings. The second-order valence-electron chi connectivity index (χ2n) is 8.69. The van der Waals surface area contributed by atoms with Crippen LogP contribution in [-0.2, 0) is 0 Å². The van der Waals surface area contributed by atoms with Crippen LogP contribution in [0.25, 0.3) is 22.0 Å². The summed E-state index contributed by atoms with van der Waals surface area (Å²) in [5, 5.41) is 7.55. The first kappa shape index (κ1) is 22.7. The Morgan fingerprint density at radius 1 is 1.03 bits per heavy atom. The van der Waals surface area contributed by atoms with E-state index in [1.165, 1.54) is 5.56 Å². The number of piperidine rings is 1. The lowest BCUT2D eigenvalue weighted by Crippen LogP contribution is -2.29. The van der Waals surface area contributed by atoms with Gasteiger partial charge in [0.15, 0.2) is 0 Å². The minimum Gasteiger partial charge on any atom is -0.361 e. The molecule has 0 spiro atoms. The number of hydrogen-bond acceptors (Lipinski definition) is 3. The van der Waals surface area contributed by atoms with Crippen molar-refractivity contribution in [3.63, 3.8) is 0 Å². The summed E-state index contributed by atoms with van der Waals surface area (Å²) >= 11 is 13.0. The minimum atomic E-state index is -0.384. The Bertz CT molecular complexity index is 1330. The van der Waals surface area contributed by atoms with Gasteiger partial charge in [-0.2, -0.15) is 0 Å². The van der Waals surface area contributed by atoms with Gasteiger partial charge in [0.1, 0.15) is 0 Å². The molecular formula is C26H25Cl2N5O. The van der Waals surface area contributed by atoms with Gasteiger partial charge in [-0.15, -0.1) is 0 Å². The topological polar surface area (TPSA) is 73.1 Å². The summed E-state index contributed by atoms with van der Waals surface area (Å²) in [7, 11) is 2.16. The van der Waals surface area contributed by atoms with Crippen molar-refractivity contribution < 1.29 is 4.79 Å². The van der Waals surface area contributed by atoms with Gasteiger partial charge in [-0.05, 0) is 86.4 Å². The van der Waals surface area contributed by atoms with Crippen molar-refractivity contribution in [2.24, 2.45) is 0 Å². The Morgan fingerprint density at radius 2 is 1.79 bits per heavy atom. The van der Waals surface area contributed by atoms with Crippen molar-refractivity contribution in [1.82, 2.24) is 14.9 Å². The summed E-state index contributed by atoms with van der Waals surface area (Å²) in [5.74, 6) is 0.522. The zero-order valence-corrected chi connectivity index (χ0v) is 20.2.